The zero-order chi connectivity index (χ0) is 27.3. The first-order valence-corrected chi connectivity index (χ1v) is 13.5. The molecule has 3 aromatic rings. The number of hydrogen-bond donors (Lipinski definition) is 2. The number of halogens is 1. The molecule has 0 bridgehead atoms. The Bertz CT molecular complexity index is 1420. The number of sulfonamides is 1. The Hall–Kier alpha value is -3.48. The Morgan fingerprint density at radius 3 is 2.59 bits per heavy atom. The Labute approximate surface area is 220 Å². The van der Waals surface area contributed by atoms with Crippen molar-refractivity contribution in [3.05, 3.63) is 68.9 Å². The van der Waals surface area contributed by atoms with E-state index < -0.39 is 37.5 Å². The van der Waals surface area contributed by atoms with Gasteiger partial charge < -0.3 is 10.1 Å². The minimum Gasteiger partial charge on any atom is -0.437 e. The number of ether oxygens (including phenoxy) is 1. The molecule has 0 aliphatic rings. The van der Waals surface area contributed by atoms with Gasteiger partial charge in [-0.3, -0.25) is 14.9 Å². The summed E-state index contributed by atoms with van der Waals surface area (Å²) in [6.07, 6.45) is 1.22. The maximum atomic E-state index is 13.2. The van der Waals surface area contributed by atoms with Gasteiger partial charge in [-0.1, -0.05) is 31.5 Å². The summed E-state index contributed by atoms with van der Waals surface area (Å²) in [5.41, 5.74) is 0.457. The minimum atomic E-state index is -4.21. The lowest BCUT2D eigenvalue weighted by Gasteiger charge is -2.16. The molecule has 198 valence electrons. The van der Waals surface area contributed by atoms with E-state index in [2.05, 4.69) is 15.1 Å². The molecule has 37 heavy (non-hydrogen) atoms. The third-order valence-electron chi connectivity index (χ3n) is 5.47. The van der Waals surface area contributed by atoms with Crippen LogP contribution >= 0.6 is 11.6 Å². The summed E-state index contributed by atoms with van der Waals surface area (Å²) >= 11 is 6.17. The first-order chi connectivity index (χ1) is 17.5. The van der Waals surface area contributed by atoms with Gasteiger partial charge in [0.1, 0.15) is 10.6 Å². The molecular formula is C24H28ClN5O6S. The summed E-state index contributed by atoms with van der Waals surface area (Å²) < 4.78 is 36.3. The van der Waals surface area contributed by atoms with Gasteiger partial charge in [-0.15, -0.1) is 0 Å². The first-order valence-electron chi connectivity index (χ1n) is 11.6. The van der Waals surface area contributed by atoms with Crippen molar-refractivity contribution < 1.29 is 22.9 Å². The summed E-state index contributed by atoms with van der Waals surface area (Å²) in [5, 5.41) is 19.0. The molecule has 2 N–H and O–H groups in total. The van der Waals surface area contributed by atoms with E-state index in [1.54, 1.807) is 45.0 Å². The van der Waals surface area contributed by atoms with Crippen molar-refractivity contribution in [3.63, 3.8) is 0 Å². The van der Waals surface area contributed by atoms with Crippen LogP contribution in [0.15, 0.2) is 47.4 Å². The highest BCUT2D eigenvalue weighted by Crippen LogP contribution is 2.36. The van der Waals surface area contributed by atoms with Crippen molar-refractivity contribution >= 4 is 33.2 Å². The van der Waals surface area contributed by atoms with Crippen LogP contribution in [-0.2, 0) is 10.0 Å². The highest BCUT2D eigenvalue weighted by Gasteiger charge is 2.28. The van der Waals surface area contributed by atoms with Gasteiger partial charge in [0.05, 0.1) is 10.6 Å². The number of aromatic nitrogens is 2. The quantitative estimate of drug-likeness (QED) is 0.259. The van der Waals surface area contributed by atoms with Crippen molar-refractivity contribution in [2.45, 2.75) is 51.5 Å². The fraction of sp³-hybridized carbons (Fsp3) is 0.333. The standard InChI is InChI=1S/C24H28ClN5O6S/c1-5-12-26-23(31)22-16(4)24(29(27-22)18-9-7-8-17(25)13-18)36-20-11-10-19(30(32)33)14-21(20)37(34,35)28-15(3)6-2/h7-11,13-15,28H,5-6,12H2,1-4H3,(H,26,31). The molecular weight excluding hydrogens is 522 g/mol. The summed E-state index contributed by atoms with van der Waals surface area (Å²) in [6, 6.07) is 9.50. The average molecular weight is 550 g/mol. The number of nitrogens with zero attached hydrogens (tertiary/aromatic N) is 3. The van der Waals surface area contributed by atoms with Gasteiger partial charge in [-0.25, -0.2) is 13.1 Å². The van der Waals surface area contributed by atoms with Crippen LogP contribution in [0.3, 0.4) is 0 Å². The van der Waals surface area contributed by atoms with Crippen LogP contribution in [0, 0.1) is 17.0 Å². The molecule has 13 heteroatoms. The van der Waals surface area contributed by atoms with Crippen molar-refractivity contribution in [2.75, 3.05) is 6.54 Å². The van der Waals surface area contributed by atoms with Crippen molar-refractivity contribution in [1.29, 1.82) is 0 Å². The van der Waals surface area contributed by atoms with Crippen LogP contribution in [0.1, 0.15) is 49.7 Å². The summed E-state index contributed by atoms with van der Waals surface area (Å²) in [6.45, 7) is 7.44. The monoisotopic (exact) mass is 549 g/mol. The Morgan fingerprint density at radius 1 is 1.24 bits per heavy atom. The predicted octanol–water partition coefficient (Wildman–Crippen LogP) is 4.75. The van der Waals surface area contributed by atoms with Crippen LogP contribution in [0.2, 0.25) is 5.02 Å². The molecule has 2 aromatic carbocycles. The van der Waals surface area contributed by atoms with E-state index in [0.29, 0.717) is 29.2 Å². The number of benzene rings is 2. The van der Waals surface area contributed by atoms with Crippen molar-refractivity contribution in [1.82, 2.24) is 19.8 Å². The molecule has 0 aliphatic carbocycles. The molecule has 0 aliphatic heterocycles. The molecule has 0 saturated carbocycles. The molecule has 0 fully saturated rings. The highest BCUT2D eigenvalue weighted by atomic mass is 35.5. The van der Waals surface area contributed by atoms with E-state index in [9.17, 15) is 23.3 Å². The van der Waals surface area contributed by atoms with Gasteiger partial charge in [0.15, 0.2) is 5.69 Å². The molecule has 1 atom stereocenters. The van der Waals surface area contributed by atoms with Crippen LogP contribution < -0.4 is 14.8 Å². The number of carbonyl (C=O) groups excluding carboxylic acids is 1. The third kappa shape index (κ3) is 6.45. The Morgan fingerprint density at radius 2 is 1.97 bits per heavy atom. The number of nitrogens with one attached hydrogen (secondary N) is 2. The first kappa shape index (κ1) is 28.1. The SMILES string of the molecule is CCCNC(=O)c1nn(-c2cccc(Cl)c2)c(Oc2ccc([N+](=O)[O-])cc2S(=O)(=O)NC(C)CC)c1C. The molecule has 0 saturated heterocycles. The minimum absolute atomic E-state index is 0.0535. The molecule has 0 radical (unpaired) electrons. The molecule has 1 aromatic heterocycles. The molecule has 1 heterocycles. The second kappa shape index (κ2) is 11.7. The zero-order valence-electron chi connectivity index (χ0n) is 20.8. The smallest absolute Gasteiger partial charge is 0.272 e. The predicted molar refractivity (Wildman–Crippen MR) is 139 cm³/mol. The largest absolute Gasteiger partial charge is 0.437 e. The van der Waals surface area contributed by atoms with Crippen LogP contribution in [-0.4, -0.2) is 41.6 Å². The van der Waals surface area contributed by atoms with Crippen LogP contribution in [0.5, 0.6) is 11.6 Å². The number of nitro groups is 1. The summed E-state index contributed by atoms with van der Waals surface area (Å²) in [4.78, 5) is 23.1. The van der Waals surface area contributed by atoms with Crippen LogP contribution in [0.4, 0.5) is 5.69 Å². The average Bonchev–Trinajstić information content (AvgIpc) is 3.18. The lowest BCUT2D eigenvalue weighted by molar-refractivity contribution is -0.385. The number of hydrogen-bond acceptors (Lipinski definition) is 7. The molecule has 3 rings (SSSR count). The summed E-state index contributed by atoms with van der Waals surface area (Å²) in [7, 11) is -4.21. The van der Waals surface area contributed by atoms with E-state index in [0.717, 1.165) is 18.6 Å². The third-order valence-corrected chi connectivity index (χ3v) is 7.32. The molecule has 1 amide bonds. The number of rotatable bonds is 11. The second-order valence-corrected chi connectivity index (χ2v) is 10.5. The van der Waals surface area contributed by atoms with Crippen molar-refractivity contribution in [3.8, 4) is 17.3 Å². The number of nitro benzene ring substituents is 1. The summed E-state index contributed by atoms with van der Waals surface area (Å²) in [5.74, 6) is -0.550. The van der Waals surface area contributed by atoms with E-state index in [4.69, 9.17) is 16.3 Å². The Kier molecular flexibility index (Phi) is 8.89. The number of carbonyl (C=O) groups is 1. The molecule has 0 spiro atoms. The fourth-order valence-corrected chi connectivity index (χ4v) is 5.00. The van der Waals surface area contributed by atoms with Gasteiger partial charge in [0.25, 0.3) is 11.6 Å². The zero-order valence-corrected chi connectivity index (χ0v) is 22.4. The van der Waals surface area contributed by atoms with Gasteiger partial charge in [-0.05, 0) is 51.0 Å². The van der Waals surface area contributed by atoms with Gasteiger partial charge in [-0.2, -0.15) is 9.78 Å². The fourth-order valence-electron chi connectivity index (χ4n) is 3.34. The van der Waals surface area contributed by atoms with E-state index in [-0.39, 0.29) is 17.3 Å². The van der Waals surface area contributed by atoms with E-state index >= 15 is 0 Å². The van der Waals surface area contributed by atoms with Gasteiger partial charge in [0, 0.05) is 35.3 Å². The Balaban J connectivity index is 2.20. The normalized spacial score (nSPS) is 12.2. The number of non-ortho nitro benzene ring substituents is 1. The van der Waals surface area contributed by atoms with Crippen LogP contribution in [0.25, 0.3) is 5.69 Å². The molecule has 11 nitrogen and oxygen atoms in total. The maximum absolute atomic E-state index is 13.2. The van der Waals surface area contributed by atoms with Crippen molar-refractivity contribution in [2.24, 2.45) is 0 Å². The lowest BCUT2D eigenvalue weighted by atomic mass is 10.2. The van der Waals surface area contributed by atoms with Gasteiger partial charge >= 0.3 is 0 Å². The second-order valence-electron chi connectivity index (χ2n) is 8.35. The number of amides is 1. The highest BCUT2D eigenvalue weighted by molar-refractivity contribution is 7.89. The lowest BCUT2D eigenvalue weighted by Crippen LogP contribution is -2.32. The molecule has 1 unspecified atom stereocenters. The van der Waals surface area contributed by atoms with E-state index in [1.807, 2.05) is 6.92 Å². The maximum Gasteiger partial charge on any atom is 0.272 e. The topological polar surface area (TPSA) is 145 Å². The van der Waals surface area contributed by atoms with E-state index in [1.165, 1.54) is 10.7 Å². The van der Waals surface area contributed by atoms with Gasteiger partial charge in [0.2, 0.25) is 15.9 Å².